The van der Waals surface area contributed by atoms with Crippen molar-refractivity contribution in [2.75, 3.05) is 0 Å². The van der Waals surface area contributed by atoms with Crippen LogP contribution in [0.3, 0.4) is 0 Å². The Morgan fingerprint density at radius 1 is 1.08 bits per heavy atom. The molecule has 12 heavy (non-hydrogen) atoms. The summed E-state index contributed by atoms with van der Waals surface area (Å²) >= 11 is 7.32. The quantitative estimate of drug-likeness (QED) is 0.436. The third-order valence-electron chi connectivity index (χ3n) is 1.54. The summed E-state index contributed by atoms with van der Waals surface area (Å²) in [6.45, 7) is 2.02. The Labute approximate surface area is 83.6 Å². The lowest BCUT2D eigenvalue weighted by Crippen LogP contribution is -2.31. The molecule has 0 amide bonds. The number of hydrogen-bond donors (Lipinski definition) is 2. The van der Waals surface area contributed by atoms with E-state index in [4.69, 9.17) is 8.20 Å². The minimum Gasteiger partial charge on any atom is -0.341 e. The molecule has 0 aliphatic rings. The van der Waals surface area contributed by atoms with E-state index in [-0.39, 0.29) is 0 Å². The molecule has 0 aliphatic carbocycles. The molecule has 0 bridgehead atoms. The zero-order valence-corrected chi connectivity index (χ0v) is 8.39. The van der Waals surface area contributed by atoms with E-state index in [9.17, 15) is 0 Å². The minimum absolute atomic E-state index is 0.516. The van der Waals surface area contributed by atoms with Gasteiger partial charge in [-0.1, -0.05) is 29.8 Å². The van der Waals surface area contributed by atoms with Crippen molar-refractivity contribution in [3.8, 4) is 0 Å². The van der Waals surface area contributed by atoms with Gasteiger partial charge in [0, 0.05) is 0 Å². The zero-order valence-electron chi connectivity index (χ0n) is 6.60. The molecule has 1 aromatic carbocycles. The van der Waals surface area contributed by atoms with Crippen molar-refractivity contribution in [2.45, 2.75) is 6.92 Å². The van der Waals surface area contributed by atoms with E-state index < -0.39 is 7.12 Å². The summed E-state index contributed by atoms with van der Waals surface area (Å²) in [5.74, 6) is 0. The minimum atomic E-state index is -0.516. The normalized spacial score (nSPS) is 9.92. The number of hydrogen-bond acceptors (Lipinski definition) is 4. The van der Waals surface area contributed by atoms with Crippen molar-refractivity contribution in [3.63, 3.8) is 0 Å². The highest BCUT2D eigenvalue weighted by atomic mass is 32.1. The number of aryl methyl sites for hydroxylation is 1. The van der Waals surface area contributed by atoms with E-state index in [0.717, 1.165) is 5.46 Å². The van der Waals surface area contributed by atoms with Crippen LogP contribution in [0.15, 0.2) is 24.3 Å². The Morgan fingerprint density at radius 3 is 2.00 bits per heavy atom. The molecule has 1 rings (SSSR count). The maximum Gasteiger partial charge on any atom is 0.516 e. The van der Waals surface area contributed by atoms with Crippen molar-refractivity contribution < 1.29 is 8.20 Å². The first kappa shape index (κ1) is 9.99. The van der Waals surface area contributed by atoms with Crippen LogP contribution in [0, 0.1) is 6.92 Å². The van der Waals surface area contributed by atoms with Crippen LogP contribution >= 0.6 is 25.8 Å². The third kappa shape index (κ3) is 2.45. The summed E-state index contributed by atoms with van der Waals surface area (Å²) < 4.78 is 9.44. The summed E-state index contributed by atoms with van der Waals surface area (Å²) in [5.41, 5.74) is 2.08. The molecule has 2 nitrogen and oxygen atoms in total. The van der Waals surface area contributed by atoms with Crippen LogP contribution in [0.4, 0.5) is 0 Å². The Balaban J connectivity index is 2.80. The molecule has 0 fully saturated rings. The molecule has 0 radical (unpaired) electrons. The summed E-state index contributed by atoms with van der Waals surface area (Å²) in [7, 11) is -0.516. The lowest BCUT2D eigenvalue weighted by Gasteiger charge is -2.05. The van der Waals surface area contributed by atoms with Gasteiger partial charge in [0.2, 0.25) is 0 Å². The first-order valence-electron chi connectivity index (χ1n) is 3.45. The summed E-state index contributed by atoms with van der Waals surface area (Å²) in [6.07, 6.45) is 0. The fourth-order valence-electron chi connectivity index (χ4n) is 0.865. The van der Waals surface area contributed by atoms with Crippen LogP contribution in [0.1, 0.15) is 5.56 Å². The zero-order chi connectivity index (χ0) is 8.97. The van der Waals surface area contributed by atoms with Gasteiger partial charge in [0.1, 0.15) is 0 Å². The van der Waals surface area contributed by atoms with Gasteiger partial charge in [-0.2, -0.15) is 0 Å². The number of benzene rings is 1. The van der Waals surface area contributed by atoms with Crippen molar-refractivity contribution in [1.29, 1.82) is 0 Å². The van der Waals surface area contributed by atoms with Gasteiger partial charge < -0.3 is 8.20 Å². The van der Waals surface area contributed by atoms with Crippen LogP contribution in [-0.2, 0) is 8.20 Å². The van der Waals surface area contributed by atoms with Gasteiger partial charge in [0.05, 0.1) is 0 Å². The summed E-state index contributed by atoms with van der Waals surface area (Å²) in [5, 5.41) is 0. The van der Waals surface area contributed by atoms with Crippen LogP contribution < -0.4 is 5.46 Å². The highest BCUT2D eigenvalue weighted by Gasteiger charge is 2.18. The van der Waals surface area contributed by atoms with E-state index in [1.54, 1.807) is 0 Å². The average Bonchev–Trinajstić information content (AvgIpc) is 2.10. The Hall–Kier alpha value is -0.0951. The van der Waals surface area contributed by atoms with Gasteiger partial charge >= 0.3 is 7.12 Å². The molecular weight excluding hydrogens is 191 g/mol. The summed E-state index contributed by atoms with van der Waals surface area (Å²) in [6, 6.07) is 7.77. The maximum absolute atomic E-state index is 4.72. The van der Waals surface area contributed by atoms with E-state index in [1.165, 1.54) is 5.56 Å². The SMILES string of the molecule is Cc1ccc(B(OS)OS)cc1. The van der Waals surface area contributed by atoms with E-state index in [2.05, 4.69) is 25.8 Å². The Bertz CT molecular complexity index is 236. The second-order valence-electron chi connectivity index (χ2n) is 2.45. The lowest BCUT2D eigenvalue weighted by molar-refractivity contribution is 0.535. The molecule has 0 saturated heterocycles. The summed E-state index contributed by atoms with van der Waals surface area (Å²) in [4.78, 5) is 0. The lowest BCUT2D eigenvalue weighted by atomic mass is 9.80. The highest BCUT2D eigenvalue weighted by Crippen LogP contribution is 1.99. The molecule has 0 unspecified atom stereocenters. The molecule has 0 spiro atoms. The Morgan fingerprint density at radius 2 is 1.58 bits per heavy atom. The first-order valence-corrected chi connectivity index (χ1v) is 4.18. The third-order valence-corrected chi connectivity index (χ3v) is 1.92. The van der Waals surface area contributed by atoms with Gasteiger partial charge in [-0.3, -0.25) is 0 Å². The smallest absolute Gasteiger partial charge is 0.341 e. The molecular formula is C7H9BO2S2. The standard InChI is InChI=1S/C7H9BO2S2/c1-6-2-4-7(5-3-6)8(9-11)10-12/h2-5,11-12H,1H3. The first-order chi connectivity index (χ1) is 5.77. The van der Waals surface area contributed by atoms with Gasteiger partial charge in [0.25, 0.3) is 0 Å². The molecule has 0 aromatic heterocycles. The van der Waals surface area contributed by atoms with Crippen LogP contribution in [0.5, 0.6) is 0 Å². The fourth-order valence-corrected chi connectivity index (χ4v) is 1.26. The highest BCUT2D eigenvalue weighted by molar-refractivity contribution is 7.77. The van der Waals surface area contributed by atoms with Crippen LogP contribution in [-0.4, -0.2) is 7.12 Å². The van der Waals surface area contributed by atoms with E-state index in [1.807, 2.05) is 31.2 Å². The van der Waals surface area contributed by atoms with Gasteiger partial charge in [-0.25, -0.2) is 0 Å². The molecule has 0 aliphatic heterocycles. The maximum atomic E-state index is 4.72. The van der Waals surface area contributed by atoms with Crippen molar-refractivity contribution in [1.82, 2.24) is 0 Å². The largest absolute Gasteiger partial charge is 0.516 e. The monoisotopic (exact) mass is 200 g/mol. The molecule has 64 valence electrons. The second kappa shape index (κ2) is 4.82. The molecule has 0 atom stereocenters. The number of thiol groups is 2. The van der Waals surface area contributed by atoms with Gasteiger partial charge in [-0.15, -0.1) is 0 Å². The average molecular weight is 200 g/mol. The van der Waals surface area contributed by atoms with Crippen molar-refractivity contribution in [2.24, 2.45) is 0 Å². The molecule has 1 aromatic rings. The predicted molar refractivity (Wildman–Crippen MR) is 56.7 cm³/mol. The van der Waals surface area contributed by atoms with Crippen molar-refractivity contribution >= 4 is 38.4 Å². The topological polar surface area (TPSA) is 18.5 Å². The van der Waals surface area contributed by atoms with Crippen LogP contribution in [0.2, 0.25) is 0 Å². The van der Waals surface area contributed by atoms with Crippen LogP contribution in [0.25, 0.3) is 0 Å². The van der Waals surface area contributed by atoms with Gasteiger partial charge in [0.15, 0.2) is 0 Å². The number of rotatable bonds is 3. The van der Waals surface area contributed by atoms with Crippen molar-refractivity contribution in [3.05, 3.63) is 29.8 Å². The predicted octanol–water partition coefficient (Wildman–Crippen LogP) is 1.41. The molecule has 0 heterocycles. The second-order valence-corrected chi connectivity index (χ2v) is 2.88. The van der Waals surface area contributed by atoms with E-state index in [0.29, 0.717) is 0 Å². The molecule has 5 heteroatoms. The van der Waals surface area contributed by atoms with E-state index >= 15 is 0 Å². The molecule has 0 saturated carbocycles. The Kier molecular flexibility index (Phi) is 4.01. The fraction of sp³-hybridized carbons (Fsp3) is 0.143. The van der Waals surface area contributed by atoms with Gasteiger partial charge in [-0.05, 0) is 38.2 Å². The molecule has 0 N–H and O–H groups in total.